The number of ether oxygens (including phenoxy) is 1. The molecule has 8 aromatic rings. The molecule has 0 saturated carbocycles. The molecule has 3 atom stereocenters. The number of anilines is 2. The average molecular weight is 673 g/mol. The molecule has 3 heterocycles. The van der Waals surface area contributed by atoms with Crippen molar-refractivity contribution in [2.24, 2.45) is 0 Å². The van der Waals surface area contributed by atoms with E-state index < -0.39 is 0 Å². The minimum Gasteiger partial charge on any atom is -0.483 e. The van der Waals surface area contributed by atoms with Crippen LogP contribution in [0.2, 0.25) is 0 Å². The van der Waals surface area contributed by atoms with Gasteiger partial charge in [-0.05, 0) is 79.4 Å². The molecule has 2 aliphatic carbocycles. The Kier molecular flexibility index (Phi) is 6.60. The Balaban J connectivity index is 0.979. The van der Waals surface area contributed by atoms with Crippen LogP contribution < -0.4 is 9.64 Å². The first-order chi connectivity index (χ1) is 25.8. The highest BCUT2D eigenvalue weighted by Gasteiger charge is 2.37. The molecular formula is C48H36N2O2. The number of allylic oxidation sites excluding steroid dienone is 4. The predicted octanol–water partition coefficient (Wildman–Crippen LogP) is 12.6. The minimum absolute atomic E-state index is 0.0829. The van der Waals surface area contributed by atoms with Crippen LogP contribution in [0.5, 0.6) is 5.75 Å². The third-order valence-electron chi connectivity index (χ3n) is 11.4. The van der Waals surface area contributed by atoms with Gasteiger partial charge in [0.05, 0.1) is 22.4 Å². The monoisotopic (exact) mass is 672 g/mol. The minimum atomic E-state index is 0.0829. The topological polar surface area (TPSA) is 30.5 Å². The Morgan fingerprint density at radius 3 is 2.13 bits per heavy atom. The molecule has 4 heteroatoms. The zero-order valence-electron chi connectivity index (χ0n) is 28.7. The van der Waals surface area contributed by atoms with Crippen molar-refractivity contribution in [1.82, 2.24) is 4.57 Å². The Hall–Kier alpha value is -6.26. The van der Waals surface area contributed by atoms with Crippen molar-refractivity contribution in [3.63, 3.8) is 0 Å². The third-order valence-corrected chi connectivity index (χ3v) is 11.4. The Labute approximate surface area is 302 Å². The van der Waals surface area contributed by atoms with Crippen molar-refractivity contribution in [3.8, 4) is 11.4 Å². The van der Waals surface area contributed by atoms with Crippen molar-refractivity contribution in [2.45, 2.75) is 37.2 Å². The number of hydrogen-bond donors (Lipinski definition) is 0. The summed E-state index contributed by atoms with van der Waals surface area (Å²) in [7, 11) is 0. The van der Waals surface area contributed by atoms with E-state index in [1.54, 1.807) is 0 Å². The summed E-state index contributed by atoms with van der Waals surface area (Å²) >= 11 is 0. The second-order valence-electron chi connectivity index (χ2n) is 14.3. The first-order valence-corrected chi connectivity index (χ1v) is 18.4. The lowest BCUT2D eigenvalue weighted by atomic mass is 9.87. The molecule has 2 aromatic heterocycles. The van der Waals surface area contributed by atoms with E-state index in [0.717, 1.165) is 64.0 Å². The van der Waals surface area contributed by atoms with Crippen LogP contribution in [-0.4, -0.2) is 10.7 Å². The lowest BCUT2D eigenvalue weighted by Crippen LogP contribution is -2.19. The molecule has 0 radical (unpaired) electrons. The van der Waals surface area contributed by atoms with Gasteiger partial charge in [-0.25, -0.2) is 0 Å². The molecule has 1 aliphatic heterocycles. The average Bonchev–Trinajstić information content (AvgIpc) is 3.89. The van der Waals surface area contributed by atoms with Gasteiger partial charge in [0.2, 0.25) is 0 Å². The lowest BCUT2D eigenvalue weighted by Gasteiger charge is -2.30. The zero-order valence-corrected chi connectivity index (χ0v) is 28.7. The summed E-state index contributed by atoms with van der Waals surface area (Å²) in [6, 6.07) is 48.0. The van der Waals surface area contributed by atoms with Crippen LogP contribution in [-0.2, 0) is 0 Å². The van der Waals surface area contributed by atoms with E-state index in [0.29, 0.717) is 5.92 Å². The Morgan fingerprint density at radius 2 is 1.35 bits per heavy atom. The van der Waals surface area contributed by atoms with Gasteiger partial charge in [-0.1, -0.05) is 109 Å². The second-order valence-corrected chi connectivity index (χ2v) is 14.3. The maximum atomic E-state index is 6.78. The van der Waals surface area contributed by atoms with Gasteiger partial charge in [0.1, 0.15) is 17.4 Å². The van der Waals surface area contributed by atoms with Crippen molar-refractivity contribution >= 4 is 55.1 Å². The maximum absolute atomic E-state index is 6.78. The number of nitrogens with zero attached hydrogens (tertiary/aromatic N) is 2. The fourth-order valence-electron chi connectivity index (χ4n) is 8.94. The van der Waals surface area contributed by atoms with E-state index in [-0.39, 0.29) is 12.0 Å². The van der Waals surface area contributed by atoms with Crippen LogP contribution in [0.25, 0.3) is 49.4 Å². The third kappa shape index (κ3) is 4.47. The molecule has 0 bridgehead atoms. The van der Waals surface area contributed by atoms with E-state index in [1.165, 1.54) is 38.6 Å². The molecule has 250 valence electrons. The zero-order chi connectivity index (χ0) is 34.2. The van der Waals surface area contributed by atoms with Crippen molar-refractivity contribution in [3.05, 3.63) is 181 Å². The van der Waals surface area contributed by atoms with Crippen LogP contribution in [0.4, 0.5) is 11.4 Å². The van der Waals surface area contributed by atoms with Crippen LogP contribution >= 0.6 is 0 Å². The summed E-state index contributed by atoms with van der Waals surface area (Å²) in [5.74, 6) is 1.63. The van der Waals surface area contributed by atoms with Crippen LogP contribution in [0.3, 0.4) is 0 Å². The molecule has 52 heavy (non-hydrogen) atoms. The summed E-state index contributed by atoms with van der Waals surface area (Å²) in [6.07, 6.45) is 14.7. The quantitative estimate of drug-likeness (QED) is 0.171. The highest BCUT2D eigenvalue weighted by atomic mass is 16.5. The van der Waals surface area contributed by atoms with Gasteiger partial charge in [0.25, 0.3) is 0 Å². The highest BCUT2D eigenvalue weighted by Crippen LogP contribution is 2.52. The molecule has 3 unspecified atom stereocenters. The molecule has 4 nitrogen and oxygen atoms in total. The fourth-order valence-corrected chi connectivity index (χ4v) is 8.94. The number of rotatable bonds is 5. The molecule has 0 fully saturated rings. The number of fused-ring (bicyclic) bond motifs is 9. The molecule has 3 aliphatic rings. The maximum Gasteiger partial charge on any atom is 0.159 e. The van der Waals surface area contributed by atoms with Gasteiger partial charge in [-0.2, -0.15) is 0 Å². The number of furan rings is 1. The number of para-hydroxylation sites is 5. The summed E-state index contributed by atoms with van der Waals surface area (Å²) in [4.78, 5) is 2.36. The van der Waals surface area contributed by atoms with Gasteiger partial charge in [-0.3, -0.25) is 0 Å². The Morgan fingerprint density at radius 1 is 0.635 bits per heavy atom. The van der Waals surface area contributed by atoms with E-state index in [2.05, 4.69) is 167 Å². The summed E-state index contributed by atoms with van der Waals surface area (Å²) in [6.45, 7) is 0. The van der Waals surface area contributed by atoms with E-state index in [1.807, 2.05) is 6.07 Å². The molecule has 6 aromatic carbocycles. The van der Waals surface area contributed by atoms with Crippen LogP contribution in [0.15, 0.2) is 174 Å². The predicted molar refractivity (Wildman–Crippen MR) is 213 cm³/mol. The van der Waals surface area contributed by atoms with E-state index in [4.69, 9.17) is 9.15 Å². The molecule has 11 rings (SSSR count). The molecule has 0 spiro atoms. The highest BCUT2D eigenvalue weighted by molar-refractivity contribution is 6.10. The van der Waals surface area contributed by atoms with Gasteiger partial charge in [-0.15, -0.1) is 0 Å². The molecule has 0 saturated heterocycles. The van der Waals surface area contributed by atoms with Gasteiger partial charge in [0, 0.05) is 50.3 Å². The molecular weight excluding hydrogens is 637 g/mol. The lowest BCUT2D eigenvalue weighted by molar-refractivity contribution is 0.245. The van der Waals surface area contributed by atoms with Crippen molar-refractivity contribution < 1.29 is 9.15 Å². The number of aromatic nitrogens is 1. The van der Waals surface area contributed by atoms with Gasteiger partial charge >= 0.3 is 0 Å². The van der Waals surface area contributed by atoms with Gasteiger partial charge in [0.15, 0.2) is 5.58 Å². The van der Waals surface area contributed by atoms with E-state index in [9.17, 15) is 0 Å². The summed E-state index contributed by atoms with van der Waals surface area (Å²) in [5.41, 5.74) is 11.2. The van der Waals surface area contributed by atoms with Gasteiger partial charge < -0.3 is 18.6 Å². The first kappa shape index (κ1) is 29.5. The van der Waals surface area contributed by atoms with E-state index >= 15 is 0 Å². The van der Waals surface area contributed by atoms with Crippen molar-refractivity contribution in [1.29, 1.82) is 0 Å². The fraction of sp³-hybridized carbons (Fsp3) is 0.125. The number of benzene rings is 6. The molecule has 0 amide bonds. The normalized spacial score (nSPS) is 19.2. The van der Waals surface area contributed by atoms with Crippen molar-refractivity contribution in [2.75, 3.05) is 4.90 Å². The second kappa shape index (κ2) is 11.6. The smallest absolute Gasteiger partial charge is 0.159 e. The standard InChI is InChI=1S/C48H36N2O2/c1-5-17-41-35(11-1)36-12-2-6-18-42(36)49(41)33-27-23-31(24-28-33)32-25-29-34(30-26-32)50(43-19-9-15-39-37-13-3-7-21-45(37)51-47(39)43)44-20-10-16-40-38-14-4-8-22-46(38)52-48(40)44/h1-3,5-13,15-25,27-30,32,38,46H,4,14,26H2. The largest absolute Gasteiger partial charge is 0.483 e. The Bertz CT molecular complexity index is 2720. The SMILES string of the molecule is C1=CC2Oc3c(cccc3N(C3=CCC(c4ccc(-n5c6ccccc6c6ccccc65)cc4)C=C3)c3cccc4c3oc3ccccc34)C2CC1. The summed E-state index contributed by atoms with van der Waals surface area (Å²) < 4.78 is 15.8. The molecule has 0 N–H and O–H groups in total. The van der Waals surface area contributed by atoms with Crippen LogP contribution in [0.1, 0.15) is 42.2 Å². The number of hydrogen-bond acceptors (Lipinski definition) is 3. The van der Waals surface area contributed by atoms with Crippen LogP contribution in [0, 0.1) is 0 Å². The summed E-state index contributed by atoms with van der Waals surface area (Å²) in [5, 5.41) is 4.80. The first-order valence-electron chi connectivity index (χ1n) is 18.4.